The fraction of sp³-hybridized carbons (Fsp3) is 0.286. The van der Waals surface area contributed by atoms with Crippen molar-refractivity contribution >= 4 is 17.8 Å². The Morgan fingerprint density at radius 3 is 2.72 bits per heavy atom. The van der Waals surface area contributed by atoms with Crippen LogP contribution in [0, 0.1) is 0 Å². The van der Waals surface area contributed by atoms with Gasteiger partial charge in [0.15, 0.2) is 5.71 Å². The first-order valence-corrected chi connectivity index (χ1v) is 5.87. The van der Waals surface area contributed by atoms with E-state index in [1.54, 1.807) is 6.08 Å². The molecule has 0 amide bonds. The molecule has 0 radical (unpaired) electrons. The summed E-state index contributed by atoms with van der Waals surface area (Å²) in [6, 6.07) is 9.78. The van der Waals surface area contributed by atoms with Crippen LogP contribution >= 0.6 is 0 Å². The second-order valence-electron chi connectivity index (χ2n) is 3.70. The minimum atomic E-state index is -1.02. The third-order valence-electron chi connectivity index (χ3n) is 2.19. The number of carboxylic acid groups (broad SMARTS) is 1. The largest absolute Gasteiger partial charge is 0.477 e. The van der Waals surface area contributed by atoms with E-state index in [2.05, 4.69) is 5.16 Å². The standard InChI is InChI=1S/C14H17NO3/c1-2-7-13(14(16)17)15-18-11-6-10-12-8-4-3-5-9-12/h3-6,8-10H,2,7,11H2,1H3,(H,16,17)/b10-6+,15-13-. The highest BCUT2D eigenvalue weighted by Gasteiger charge is 2.07. The van der Waals surface area contributed by atoms with Gasteiger partial charge in [-0.15, -0.1) is 0 Å². The Balaban J connectivity index is 2.39. The van der Waals surface area contributed by atoms with Crippen molar-refractivity contribution in [3.8, 4) is 0 Å². The van der Waals surface area contributed by atoms with Gasteiger partial charge < -0.3 is 9.94 Å². The zero-order valence-electron chi connectivity index (χ0n) is 10.4. The lowest BCUT2D eigenvalue weighted by molar-refractivity contribution is -0.129. The number of hydrogen-bond donors (Lipinski definition) is 1. The molecule has 1 N–H and O–H groups in total. The van der Waals surface area contributed by atoms with Gasteiger partial charge >= 0.3 is 5.97 Å². The van der Waals surface area contributed by atoms with Crippen LogP contribution in [0.15, 0.2) is 41.6 Å². The maximum absolute atomic E-state index is 10.7. The number of nitrogens with zero attached hydrogens (tertiary/aromatic N) is 1. The molecule has 0 aliphatic heterocycles. The van der Waals surface area contributed by atoms with Crippen molar-refractivity contribution in [2.24, 2.45) is 5.16 Å². The SMILES string of the molecule is CCC/C(=N/OC/C=C/c1ccccc1)C(=O)O. The molecule has 18 heavy (non-hydrogen) atoms. The average molecular weight is 247 g/mol. The molecule has 1 aromatic carbocycles. The molecule has 4 nitrogen and oxygen atoms in total. The fourth-order valence-corrected chi connectivity index (χ4v) is 1.33. The molecule has 0 aliphatic rings. The maximum atomic E-state index is 10.7. The Morgan fingerprint density at radius 2 is 2.11 bits per heavy atom. The molecule has 96 valence electrons. The molecular weight excluding hydrogens is 230 g/mol. The summed E-state index contributed by atoms with van der Waals surface area (Å²) in [7, 11) is 0. The van der Waals surface area contributed by atoms with Crippen LogP contribution in [-0.2, 0) is 9.63 Å². The Bertz CT molecular complexity index is 424. The average Bonchev–Trinajstić information content (AvgIpc) is 2.38. The molecule has 0 unspecified atom stereocenters. The van der Waals surface area contributed by atoms with Crippen LogP contribution < -0.4 is 0 Å². The van der Waals surface area contributed by atoms with Gasteiger partial charge in [-0.2, -0.15) is 0 Å². The van der Waals surface area contributed by atoms with E-state index in [4.69, 9.17) is 9.94 Å². The van der Waals surface area contributed by atoms with Crippen LogP contribution in [0.1, 0.15) is 25.3 Å². The second-order valence-corrected chi connectivity index (χ2v) is 3.70. The minimum Gasteiger partial charge on any atom is -0.477 e. The molecule has 0 fully saturated rings. The normalized spacial score (nSPS) is 11.7. The van der Waals surface area contributed by atoms with Crippen LogP contribution in [-0.4, -0.2) is 23.4 Å². The van der Waals surface area contributed by atoms with Crippen molar-refractivity contribution in [1.82, 2.24) is 0 Å². The molecule has 4 heteroatoms. The number of oxime groups is 1. The Kier molecular flexibility index (Phi) is 6.25. The fourth-order valence-electron chi connectivity index (χ4n) is 1.33. The highest BCUT2D eigenvalue weighted by molar-refractivity contribution is 6.35. The zero-order chi connectivity index (χ0) is 13.2. The molecule has 0 atom stereocenters. The third kappa shape index (κ3) is 5.30. The van der Waals surface area contributed by atoms with Gasteiger partial charge in [-0.3, -0.25) is 0 Å². The lowest BCUT2D eigenvalue weighted by atomic mass is 10.2. The number of hydrogen-bond acceptors (Lipinski definition) is 3. The first kappa shape index (κ1) is 14.0. The number of carbonyl (C=O) groups is 1. The van der Waals surface area contributed by atoms with Crippen LogP contribution in [0.25, 0.3) is 6.08 Å². The zero-order valence-corrected chi connectivity index (χ0v) is 10.4. The first-order valence-electron chi connectivity index (χ1n) is 5.87. The highest BCUT2D eigenvalue weighted by Crippen LogP contribution is 2.01. The van der Waals surface area contributed by atoms with Gasteiger partial charge in [-0.1, -0.05) is 54.9 Å². The molecular formula is C14H17NO3. The van der Waals surface area contributed by atoms with Gasteiger partial charge in [0.25, 0.3) is 0 Å². The molecule has 0 bridgehead atoms. The highest BCUT2D eigenvalue weighted by atomic mass is 16.6. The maximum Gasteiger partial charge on any atom is 0.353 e. The number of rotatable bonds is 7. The molecule has 1 aromatic rings. The summed E-state index contributed by atoms with van der Waals surface area (Å²) < 4.78 is 0. The minimum absolute atomic E-state index is 0.0608. The van der Waals surface area contributed by atoms with E-state index in [0.717, 1.165) is 12.0 Å². The van der Waals surface area contributed by atoms with Crippen LogP contribution in [0.2, 0.25) is 0 Å². The Labute approximate surface area is 107 Å². The molecule has 0 heterocycles. The quantitative estimate of drug-likeness (QED) is 0.458. The van der Waals surface area contributed by atoms with Gasteiger partial charge in [-0.05, 0) is 11.6 Å². The van der Waals surface area contributed by atoms with Crippen LogP contribution in [0.5, 0.6) is 0 Å². The predicted molar refractivity (Wildman–Crippen MR) is 71.4 cm³/mol. The van der Waals surface area contributed by atoms with E-state index >= 15 is 0 Å². The van der Waals surface area contributed by atoms with Gasteiger partial charge in [0.2, 0.25) is 0 Å². The van der Waals surface area contributed by atoms with Crippen LogP contribution in [0.4, 0.5) is 0 Å². The van der Waals surface area contributed by atoms with Crippen molar-refractivity contribution in [2.75, 3.05) is 6.61 Å². The van der Waals surface area contributed by atoms with Gasteiger partial charge in [-0.25, -0.2) is 4.79 Å². The van der Waals surface area contributed by atoms with E-state index in [1.807, 2.05) is 43.3 Å². The summed E-state index contributed by atoms with van der Waals surface area (Å²) in [6.45, 7) is 2.16. The molecule has 0 saturated carbocycles. The summed E-state index contributed by atoms with van der Waals surface area (Å²) in [4.78, 5) is 15.7. The van der Waals surface area contributed by atoms with E-state index in [0.29, 0.717) is 6.42 Å². The summed E-state index contributed by atoms with van der Waals surface area (Å²) in [6.07, 6.45) is 4.84. The number of aliphatic carboxylic acids is 1. The second kappa shape index (κ2) is 8.06. The summed E-state index contributed by atoms with van der Waals surface area (Å²) in [5.41, 5.74) is 1.13. The molecule has 1 rings (SSSR count). The molecule has 0 saturated heterocycles. The van der Waals surface area contributed by atoms with Gasteiger partial charge in [0, 0.05) is 6.42 Å². The monoisotopic (exact) mass is 247 g/mol. The lowest BCUT2D eigenvalue weighted by Gasteiger charge is -1.98. The van der Waals surface area contributed by atoms with Crippen molar-refractivity contribution in [3.63, 3.8) is 0 Å². The Hall–Kier alpha value is -2.10. The smallest absolute Gasteiger partial charge is 0.353 e. The lowest BCUT2D eigenvalue weighted by Crippen LogP contribution is -2.13. The van der Waals surface area contributed by atoms with Crippen molar-refractivity contribution in [2.45, 2.75) is 19.8 Å². The van der Waals surface area contributed by atoms with Crippen molar-refractivity contribution in [1.29, 1.82) is 0 Å². The molecule has 0 spiro atoms. The third-order valence-corrected chi connectivity index (χ3v) is 2.19. The predicted octanol–water partition coefficient (Wildman–Crippen LogP) is 2.96. The summed E-state index contributed by atoms with van der Waals surface area (Å²) in [5, 5.41) is 12.4. The van der Waals surface area contributed by atoms with Gasteiger partial charge in [0.05, 0.1) is 0 Å². The van der Waals surface area contributed by atoms with Crippen molar-refractivity contribution < 1.29 is 14.7 Å². The van der Waals surface area contributed by atoms with E-state index in [1.165, 1.54) is 0 Å². The number of carboxylic acids is 1. The van der Waals surface area contributed by atoms with E-state index < -0.39 is 5.97 Å². The summed E-state index contributed by atoms with van der Waals surface area (Å²) >= 11 is 0. The molecule has 0 aliphatic carbocycles. The number of benzene rings is 1. The topological polar surface area (TPSA) is 58.9 Å². The van der Waals surface area contributed by atoms with E-state index in [-0.39, 0.29) is 12.3 Å². The van der Waals surface area contributed by atoms with Crippen LogP contribution in [0.3, 0.4) is 0 Å². The van der Waals surface area contributed by atoms with E-state index in [9.17, 15) is 4.79 Å². The first-order chi connectivity index (χ1) is 8.74. The summed E-state index contributed by atoms with van der Waals surface area (Å²) in [5.74, 6) is -1.02. The Morgan fingerprint density at radius 1 is 1.39 bits per heavy atom. The molecule has 0 aromatic heterocycles. The van der Waals surface area contributed by atoms with Crippen molar-refractivity contribution in [3.05, 3.63) is 42.0 Å². The van der Waals surface area contributed by atoms with Gasteiger partial charge in [0.1, 0.15) is 6.61 Å².